The molecule has 1 heterocycles. The van der Waals surface area contributed by atoms with Gasteiger partial charge in [0.2, 0.25) is 0 Å². The van der Waals surface area contributed by atoms with Crippen LogP contribution in [0.15, 0.2) is 101 Å². The van der Waals surface area contributed by atoms with Gasteiger partial charge >= 0.3 is 0 Å². The lowest BCUT2D eigenvalue weighted by atomic mass is 10.1. The van der Waals surface area contributed by atoms with E-state index in [2.05, 4.69) is 10.5 Å². The van der Waals surface area contributed by atoms with Crippen molar-refractivity contribution in [3.05, 3.63) is 118 Å². The smallest absolute Gasteiger partial charge is 0.260 e. The van der Waals surface area contributed by atoms with Crippen LogP contribution in [-0.4, -0.2) is 23.3 Å². The van der Waals surface area contributed by atoms with Crippen LogP contribution < -0.4 is 20.3 Å². The lowest BCUT2D eigenvalue weighted by Crippen LogP contribution is -2.25. The summed E-state index contributed by atoms with van der Waals surface area (Å²) in [6.07, 6.45) is 1.50. The summed E-state index contributed by atoms with van der Waals surface area (Å²) in [5.74, 6) is 0.270. The molecule has 1 amide bonds. The third kappa shape index (κ3) is 5.65. The number of nitrogens with zero attached hydrogens (tertiary/aromatic N) is 2. The Morgan fingerprint density at radius 3 is 2.26 bits per heavy atom. The number of fused-ring (bicyclic) bond motifs is 2. The van der Waals surface area contributed by atoms with Crippen molar-refractivity contribution < 1.29 is 18.7 Å². The van der Waals surface area contributed by atoms with Gasteiger partial charge in [-0.3, -0.25) is 9.59 Å². The third-order valence-electron chi connectivity index (χ3n) is 6.19. The molecule has 196 valence electrons. The summed E-state index contributed by atoms with van der Waals surface area (Å²) in [5.41, 5.74) is 4.96. The summed E-state index contributed by atoms with van der Waals surface area (Å²) in [6, 6.07) is 26.1. The number of benzene rings is 4. The highest BCUT2D eigenvalue weighted by atomic mass is 19.1. The average molecular weight is 524 g/mol. The quantitative estimate of drug-likeness (QED) is 0.159. The van der Waals surface area contributed by atoms with E-state index in [0.717, 1.165) is 0 Å². The van der Waals surface area contributed by atoms with Crippen molar-refractivity contribution in [3.63, 3.8) is 0 Å². The molecule has 0 radical (unpaired) electrons. The Kier molecular flexibility index (Phi) is 7.63. The topological polar surface area (TPSA) is 81.9 Å². The Labute approximate surface area is 224 Å². The van der Waals surface area contributed by atoms with E-state index in [9.17, 15) is 14.0 Å². The second-order valence-electron chi connectivity index (χ2n) is 8.76. The third-order valence-corrected chi connectivity index (χ3v) is 6.19. The molecule has 0 bridgehead atoms. The fourth-order valence-electron chi connectivity index (χ4n) is 4.37. The molecule has 1 aromatic heterocycles. The zero-order chi connectivity index (χ0) is 27.2. The first-order chi connectivity index (χ1) is 19.0. The minimum absolute atomic E-state index is 0.0222. The van der Waals surface area contributed by atoms with E-state index in [-0.39, 0.29) is 30.3 Å². The van der Waals surface area contributed by atoms with Gasteiger partial charge < -0.3 is 14.0 Å². The van der Waals surface area contributed by atoms with Gasteiger partial charge in [0.25, 0.3) is 5.91 Å². The summed E-state index contributed by atoms with van der Waals surface area (Å²) in [5, 5.41) is 5.20. The van der Waals surface area contributed by atoms with Crippen LogP contribution in [0.1, 0.15) is 18.1 Å². The molecule has 0 fully saturated rings. The number of pyridine rings is 1. The van der Waals surface area contributed by atoms with Crippen molar-refractivity contribution in [2.45, 2.75) is 20.1 Å². The molecule has 0 aliphatic heterocycles. The number of hydrogen-bond donors (Lipinski definition) is 1. The number of amides is 1. The number of hydrazone groups is 1. The van der Waals surface area contributed by atoms with Crippen molar-refractivity contribution in [1.29, 1.82) is 0 Å². The van der Waals surface area contributed by atoms with Gasteiger partial charge in [-0.15, -0.1) is 0 Å². The highest BCUT2D eigenvalue weighted by molar-refractivity contribution is 5.95. The first-order valence-corrected chi connectivity index (χ1v) is 12.5. The van der Waals surface area contributed by atoms with Gasteiger partial charge in [-0.1, -0.05) is 42.5 Å². The molecule has 0 atom stereocenters. The van der Waals surface area contributed by atoms with Crippen LogP contribution in [0.25, 0.3) is 21.8 Å². The minimum Gasteiger partial charge on any atom is -0.490 e. The number of aromatic nitrogens is 1. The normalized spacial score (nSPS) is 11.2. The zero-order valence-electron chi connectivity index (χ0n) is 21.3. The van der Waals surface area contributed by atoms with E-state index in [1.807, 2.05) is 35.8 Å². The Hall–Kier alpha value is -4.98. The molecule has 4 aromatic carbocycles. The van der Waals surface area contributed by atoms with Gasteiger partial charge in [0.15, 0.2) is 16.9 Å². The molecule has 0 saturated heterocycles. The van der Waals surface area contributed by atoms with Crippen molar-refractivity contribution in [1.82, 2.24) is 9.99 Å². The number of nitrogens with one attached hydrogen (secondary N) is 1. The van der Waals surface area contributed by atoms with Crippen LogP contribution in [0.3, 0.4) is 0 Å². The molecule has 7 nitrogen and oxygen atoms in total. The van der Waals surface area contributed by atoms with Gasteiger partial charge in [-0.2, -0.15) is 5.10 Å². The number of ether oxygens (including phenoxy) is 2. The maximum absolute atomic E-state index is 13.9. The summed E-state index contributed by atoms with van der Waals surface area (Å²) in [7, 11) is 0. The number of carbonyl (C=O) groups excluding carboxylic acids is 1. The van der Waals surface area contributed by atoms with Crippen LogP contribution in [0.5, 0.6) is 11.5 Å². The van der Waals surface area contributed by atoms with Crippen LogP contribution in [-0.2, 0) is 17.9 Å². The van der Waals surface area contributed by atoms with Crippen LogP contribution in [0.4, 0.5) is 4.39 Å². The lowest BCUT2D eigenvalue weighted by molar-refractivity contribution is -0.121. The highest BCUT2D eigenvalue weighted by Gasteiger charge is 2.13. The van der Waals surface area contributed by atoms with Crippen molar-refractivity contribution >= 4 is 33.9 Å². The molecule has 0 aliphatic carbocycles. The Morgan fingerprint density at radius 1 is 0.897 bits per heavy atom. The number of halogens is 1. The van der Waals surface area contributed by atoms with Gasteiger partial charge in [0.05, 0.1) is 23.9 Å². The van der Waals surface area contributed by atoms with Crippen molar-refractivity contribution in [3.8, 4) is 11.5 Å². The number of carbonyl (C=O) groups is 1. The SMILES string of the molecule is CCOc1cc(C=NNC(=O)Cn2c3ccccc3c(=O)c3ccccc32)ccc1OCc1ccccc1F. The first-order valence-electron chi connectivity index (χ1n) is 12.5. The summed E-state index contributed by atoms with van der Waals surface area (Å²) >= 11 is 0. The van der Waals surface area contributed by atoms with Gasteiger partial charge in [0.1, 0.15) is 19.0 Å². The molecule has 5 rings (SSSR count). The zero-order valence-corrected chi connectivity index (χ0v) is 21.3. The van der Waals surface area contributed by atoms with E-state index >= 15 is 0 Å². The van der Waals surface area contributed by atoms with Gasteiger partial charge in [-0.25, -0.2) is 9.82 Å². The fraction of sp³-hybridized carbons (Fsp3) is 0.129. The second-order valence-corrected chi connectivity index (χ2v) is 8.76. The van der Waals surface area contributed by atoms with Crippen LogP contribution in [0.2, 0.25) is 0 Å². The molecule has 5 aromatic rings. The van der Waals surface area contributed by atoms with Crippen molar-refractivity contribution in [2.24, 2.45) is 5.10 Å². The lowest BCUT2D eigenvalue weighted by Gasteiger charge is -2.14. The molecular formula is C31H26FN3O4. The predicted octanol–water partition coefficient (Wildman–Crippen LogP) is 5.42. The maximum Gasteiger partial charge on any atom is 0.260 e. The maximum atomic E-state index is 13.9. The van der Waals surface area contributed by atoms with Crippen molar-refractivity contribution in [2.75, 3.05) is 6.61 Å². The van der Waals surface area contributed by atoms with Gasteiger partial charge in [0, 0.05) is 16.3 Å². The average Bonchev–Trinajstić information content (AvgIpc) is 2.96. The standard InChI is InChI=1S/C31H26FN3O4/c1-2-38-29-17-21(15-16-28(29)39-20-22-9-3-6-12-25(22)32)18-33-34-30(36)19-35-26-13-7-4-10-23(26)31(37)24-11-5-8-14-27(24)35/h3-18H,2,19-20H2,1H3,(H,34,36). The number of para-hydroxylation sites is 2. The van der Waals surface area contributed by atoms with Gasteiger partial charge in [-0.05, 0) is 61.0 Å². The number of rotatable bonds is 9. The van der Waals surface area contributed by atoms with E-state index in [0.29, 0.717) is 51.0 Å². The fourth-order valence-corrected chi connectivity index (χ4v) is 4.37. The molecule has 1 N–H and O–H groups in total. The molecule has 0 aliphatic rings. The summed E-state index contributed by atoms with van der Waals surface area (Å²) in [6.45, 7) is 2.30. The van der Waals surface area contributed by atoms with E-state index in [4.69, 9.17) is 9.47 Å². The monoisotopic (exact) mass is 523 g/mol. The van der Waals surface area contributed by atoms with E-state index in [1.54, 1.807) is 60.7 Å². The Bertz CT molecular complexity index is 1690. The molecular weight excluding hydrogens is 497 g/mol. The highest BCUT2D eigenvalue weighted by Crippen LogP contribution is 2.29. The van der Waals surface area contributed by atoms with Crippen LogP contribution >= 0.6 is 0 Å². The molecule has 39 heavy (non-hydrogen) atoms. The van der Waals surface area contributed by atoms with Crippen LogP contribution in [0, 0.1) is 5.82 Å². The molecule has 0 unspecified atom stereocenters. The molecule has 0 spiro atoms. The largest absolute Gasteiger partial charge is 0.490 e. The Balaban J connectivity index is 1.31. The molecule has 8 heteroatoms. The van der Waals surface area contributed by atoms with E-state index < -0.39 is 0 Å². The summed E-state index contributed by atoms with van der Waals surface area (Å²) < 4.78 is 27.2. The molecule has 0 saturated carbocycles. The summed E-state index contributed by atoms with van der Waals surface area (Å²) in [4.78, 5) is 25.8. The minimum atomic E-state index is -0.347. The number of hydrogen-bond acceptors (Lipinski definition) is 5. The second kappa shape index (κ2) is 11.6. The first kappa shape index (κ1) is 25.7. The Morgan fingerprint density at radius 2 is 1.56 bits per heavy atom. The van der Waals surface area contributed by atoms with E-state index in [1.165, 1.54) is 12.3 Å². The predicted molar refractivity (Wildman–Crippen MR) is 150 cm³/mol.